The SMILES string of the molecule is CNC(=O)c1sccc1-n1c(=O)c2ccccc2n(Cc2ccccc2F)c1=O. The number of amides is 1. The van der Waals surface area contributed by atoms with E-state index in [4.69, 9.17) is 0 Å². The molecule has 2 heterocycles. The molecule has 6 nitrogen and oxygen atoms in total. The van der Waals surface area contributed by atoms with Crippen LogP contribution in [0, 0.1) is 5.82 Å². The van der Waals surface area contributed by atoms with E-state index >= 15 is 0 Å². The van der Waals surface area contributed by atoms with Crippen molar-refractivity contribution in [2.75, 3.05) is 7.05 Å². The van der Waals surface area contributed by atoms with E-state index in [2.05, 4.69) is 5.32 Å². The minimum Gasteiger partial charge on any atom is -0.354 e. The fourth-order valence-corrected chi connectivity index (χ4v) is 4.07. The van der Waals surface area contributed by atoms with Crippen LogP contribution in [-0.2, 0) is 6.54 Å². The number of fused-ring (bicyclic) bond motifs is 1. The third-order valence-corrected chi connectivity index (χ3v) is 5.56. The molecule has 0 saturated heterocycles. The van der Waals surface area contributed by atoms with Crippen LogP contribution >= 0.6 is 11.3 Å². The molecular weight excluding hydrogens is 393 g/mol. The first-order valence-electron chi connectivity index (χ1n) is 8.81. The zero-order chi connectivity index (χ0) is 20.5. The molecule has 0 radical (unpaired) electrons. The van der Waals surface area contributed by atoms with E-state index in [-0.39, 0.29) is 17.1 Å². The molecule has 1 N–H and O–H groups in total. The van der Waals surface area contributed by atoms with Crippen molar-refractivity contribution in [1.82, 2.24) is 14.5 Å². The summed E-state index contributed by atoms with van der Waals surface area (Å²) in [5, 5.41) is 4.46. The second-order valence-electron chi connectivity index (χ2n) is 6.33. The van der Waals surface area contributed by atoms with Gasteiger partial charge in [-0.2, -0.15) is 0 Å². The maximum atomic E-state index is 14.2. The number of nitrogens with one attached hydrogen (secondary N) is 1. The molecule has 29 heavy (non-hydrogen) atoms. The Labute approximate surface area is 168 Å². The van der Waals surface area contributed by atoms with E-state index in [1.54, 1.807) is 53.9 Å². The maximum absolute atomic E-state index is 14.2. The summed E-state index contributed by atoms with van der Waals surface area (Å²) in [6.07, 6.45) is 0. The molecule has 0 fully saturated rings. The van der Waals surface area contributed by atoms with Gasteiger partial charge < -0.3 is 5.32 Å². The summed E-state index contributed by atoms with van der Waals surface area (Å²) in [5.41, 5.74) is -0.239. The summed E-state index contributed by atoms with van der Waals surface area (Å²) in [5.74, 6) is -0.835. The van der Waals surface area contributed by atoms with Crippen LogP contribution in [0.2, 0.25) is 0 Å². The molecule has 0 spiro atoms. The van der Waals surface area contributed by atoms with Crippen LogP contribution in [0.5, 0.6) is 0 Å². The zero-order valence-electron chi connectivity index (χ0n) is 15.4. The lowest BCUT2D eigenvalue weighted by Gasteiger charge is -2.14. The van der Waals surface area contributed by atoms with Gasteiger partial charge in [0.2, 0.25) is 0 Å². The van der Waals surface area contributed by atoms with Gasteiger partial charge in [-0.05, 0) is 29.6 Å². The van der Waals surface area contributed by atoms with Crippen LogP contribution in [-0.4, -0.2) is 22.1 Å². The van der Waals surface area contributed by atoms with Crippen LogP contribution in [0.25, 0.3) is 16.6 Å². The topological polar surface area (TPSA) is 73.1 Å². The summed E-state index contributed by atoms with van der Waals surface area (Å²) in [7, 11) is 1.48. The summed E-state index contributed by atoms with van der Waals surface area (Å²) < 4.78 is 16.6. The summed E-state index contributed by atoms with van der Waals surface area (Å²) in [4.78, 5) is 38.9. The summed E-state index contributed by atoms with van der Waals surface area (Å²) >= 11 is 1.13. The predicted octanol–water partition coefficient (Wildman–Crippen LogP) is 2.76. The lowest BCUT2D eigenvalue weighted by atomic mass is 10.2. The quantitative estimate of drug-likeness (QED) is 0.563. The molecule has 1 amide bonds. The van der Waals surface area contributed by atoms with Gasteiger partial charge in [0, 0.05) is 12.6 Å². The predicted molar refractivity (Wildman–Crippen MR) is 111 cm³/mol. The Kier molecular flexibility index (Phi) is 4.85. The first kappa shape index (κ1) is 18.8. The van der Waals surface area contributed by atoms with Crippen molar-refractivity contribution in [1.29, 1.82) is 0 Å². The van der Waals surface area contributed by atoms with Crippen molar-refractivity contribution in [3.8, 4) is 5.69 Å². The molecule has 4 aromatic rings. The van der Waals surface area contributed by atoms with Gasteiger partial charge in [-0.15, -0.1) is 11.3 Å². The van der Waals surface area contributed by atoms with E-state index in [9.17, 15) is 18.8 Å². The number of carbonyl (C=O) groups is 1. The van der Waals surface area contributed by atoms with Gasteiger partial charge in [0.05, 0.1) is 23.1 Å². The molecule has 0 aliphatic carbocycles. The highest BCUT2D eigenvalue weighted by Gasteiger charge is 2.20. The van der Waals surface area contributed by atoms with Gasteiger partial charge in [-0.25, -0.2) is 13.8 Å². The average molecular weight is 409 g/mol. The van der Waals surface area contributed by atoms with Gasteiger partial charge >= 0.3 is 5.69 Å². The number of rotatable bonds is 4. The number of nitrogens with zero attached hydrogens (tertiary/aromatic N) is 2. The zero-order valence-corrected chi connectivity index (χ0v) is 16.2. The van der Waals surface area contributed by atoms with Crippen LogP contribution in [0.15, 0.2) is 69.6 Å². The Morgan fingerprint density at radius 1 is 1.07 bits per heavy atom. The molecule has 8 heteroatoms. The van der Waals surface area contributed by atoms with E-state index < -0.39 is 23.0 Å². The normalized spacial score (nSPS) is 11.0. The second kappa shape index (κ2) is 7.48. The van der Waals surface area contributed by atoms with Crippen LogP contribution in [0.4, 0.5) is 4.39 Å². The van der Waals surface area contributed by atoms with Gasteiger partial charge in [-0.1, -0.05) is 30.3 Å². The Balaban J connectivity index is 2.04. The fraction of sp³-hybridized carbons (Fsp3) is 0.0952. The number of thiophene rings is 1. The first-order chi connectivity index (χ1) is 14.0. The van der Waals surface area contributed by atoms with Gasteiger partial charge in [0.1, 0.15) is 10.7 Å². The van der Waals surface area contributed by atoms with Gasteiger partial charge in [-0.3, -0.25) is 14.2 Å². The molecule has 0 atom stereocenters. The van der Waals surface area contributed by atoms with Crippen molar-refractivity contribution >= 4 is 28.1 Å². The fourth-order valence-electron chi connectivity index (χ4n) is 3.25. The highest BCUT2D eigenvalue weighted by Crippen LogP contribution is 2.20. The average Bonchev–Trinajstić information content (AvgIpc) is 3.21. The largest absolute Gasteiger partial charge is 0.354 e. The van der Waals surface area contributed by atoms with Gasteiger partial charge in [0.15, 0.2) is 0 Å². The molecule has 146 valence electrons. The van der Waals surface area contributed by atoms with E-state index in [1.807, 2.05) is 0 Å². The number of carbonyl (C=O) groups excluding carboxylic acids is 1. The molecule has 0 aliphatic rings. The Hall–Kier alpha value is -3.52. The number of para-hydroxylation sites is 1. The van der Waals surface area contributed by atoms with Crippen molar-refractivity contribution in [3.63, 3.8) is 0 Å². The smallest absolute Gasteiger partial charge is 0.336 e. The third-order valence-electron chi connectivity index (χ3n) is 4.66. The van der Waals surface area contributed by atoms with Crippen molar-refractivity contribution in [2.24, 2.45) is 0 Å². The highest BCUT2D eigenvalue weighted by molar-refractivity contribution is 7.12. The van der Waals surface area contributed by atoms with Crippen molar-refractivity contribution < 1.29 is 9.18 Å². The number of halogens is 1. The molecule has 2 aromatic heterocycles. The number of hydrogen-bond donors (Lipinski definition) is 1. The minimum atomic E-state index is -0.638. The maximum Gasteiger partial charge on any atom is 0.336 e. The Morgan fingerprint density at radius 2 is 1.79 bits per heavy atom. The van der Waals surface area contributed by atoms with Crippen LogP contribution in [0.3, 0.4) is 0 Å². The van der Waals surface area contributed by atoms with E-state index in [0.717, 1.165) is 15.9 Å². The van der Waals surface area contributed by atoms with Gasteiger partial charge in [0.25, 0.3) is 11.5 Å². The molecule has 0 aliphatic heterocycles. The Bertz CT molecular complexity index is 1350. The number of hydrogen-bond acceptors (Lipinski definition) is 4. The molecule has 0 unspecified atom stereocenters. The monoisotopic (exact) mass is 409 g/mol. The van der Waals surface area contributed by atoms with E-state index in [0.29, 0.717) is 16.5 Å². The second-order valence-corrected chi connectivity index (χ2v) is 7.25. The van der Waals surface area contributed by atoms with Crippen molar-refractivity contribution in [2.45, 2.75) is 6.54 Å². The molecule has 2 aromatic carbocycles. The minimum absolute atomic E-state index is 0.0499. The highest BCUT2D eigenvalue weighted by atomic mass is 32.1. The lowest BCUT2D eigenvalue weighted by Crippen LogP contribution is -2.40. The molecular formula is C21H16FN3O3S. The molecule has 4 rings (SSSR count). The number of aromatic nitrogens is 2. The van der Waals surface area contributed by atoms with Crippen LogP contribution in [0.1, 0.15) is 15.2 Å². The first-order valence-corrected chi connectivity index (χ1v) is 9.69. The molecule has 0 bridgehead atoms. The summed E-state index contributed by atoms with van der Waals surface area (Å²) in [6.45, 7) is -0.0499. The lowest BCUT2D eigenvalue weighted by molar-refractivity contribution is 0.0967. The third kappa shape index (κ3) is 3.17. The van der Waals surface area contributed by atoms with Crippen LogP contribution < -0.4 is 16.6 Å². The number of benzene rings is 2. The van der Waals surface area contributed by atoms with Crippen molar-refractivity contribution in [3.05, 3.63) is 97.1 Å². The Morgan fingerprint density at radius 3 is 2.55 bits per heavy atom. The summed E-state index contributed by atoms with van der Waals surface area (Å²) in [6, 6.07) is 14.4. The molecule has 0 saturated carbocycles. The van der Waals surface area contributed by atoms with E-state index in [1.165, 1.54) is 17.7 Å². The standard InChI is InChI=1S/C21H16FN3O3S/c1-23-19(26)18-17(10-11-29-18)25-20(27)14-7-3-5-9-16(14)24(21(25)28)12-13-6-2-4-8-15(13)22/h2-11H,12H2,1H3,(H,23,26).